The SMILES string of the molecule is O=C(NC1CCS(=O)(=O)C1)C1CC(=O)N(c2n[nH]c3cccc(F)c23)C1. The number of amides is 2. The summed E-state index contributed by atoms with van der Waals surface area (Å²) in [4.78, 5) is 26.1. The lowest BCUT2D eigenvalue weighted by Gasteiger charge is -2.16. The first-order valence-corrected chi connectivity index (χ1v) is 10.1. The highest BCUT2D eigenvalue weighted by molar-refractivity contribution is 7.91. The molecule has 2 aliphatic rings. The second kappa shape index (κ2) is 6.04. The van der Waals surface area contributed by atoms with Gasteiger partial charge in [0.15, 0.2) is 15.7 Å². The van der Waals surface area contributed by atoms with Gasteiger partial charge in [-0.15, -0.1) is 0 Å². The molecule has 0 spiro atoms. The van der Waals surface area contributed by atoms with Crippen LogP contribution in [0.5, 0.6) is 0 Å². The van der Waals surface area contributed by atoms with Crippen LogP contribution in [0.25, 0.3) is 10.9 Å². The van der Waals surface area contributed by atoms with E-state index in [1.165, 1.54) is 17.0 Å². The summed E-state index contributed by atoms with van der Waals surface area (Å²) in [6, 6.07) is 4.06. The third-order valence-corrected chi connectivity index (χ3v) is 6.62. The molecule has 4 rings (SSSR count). The van der Waals surface area contributed by atoms with Crippen LogP contribution in [0.3, 0.4) is 0 Å². The van der Waals surface area contributed by atoms with Crippen LogP contribution < -0.4 is 10.2 Å². The molecular weight excluding hydrogens is 363 g/mol. The Labute approximate surface area is 148 Å². The quantitative estimate of drug-likeness (QED) is 0.798. The van der Waals surface area contributed by atoms with Crippen LogP contribution in [0, 0.1) is 11.7 Å². The van der Waals surface area contributed by atoms with Crippen LogP contribution in [-0.2, 0) is 19.4 Å². The fraction of sp³-hybridized carbons (Fsp3) is 0.438. The van der Waals surface area contributed by atoms with E-state index in [-0.39, 0.29) is 47.5 Å². The summed E-state index contributed by atoms with van der Waals surface area (Å²) in [5, 5.41) is 9.64. The van der Waals surface area contributed by atoms with Crippen molar-refractivity contribution in [3.63, 3.8) is 0 Å². The first-order chi connectivity index (χ1) is 12.3. The number of sulfone groups is 1. The molecule has 2 amide bonds. The van der Waals surface area contributed by atoms with E-state index in [2.05, 4.69) is 15.5 Å². The van der Waals surface area contributed by atoms with Crippen molar-refractivity contribution in [2.24, 2.45) is 5.92 Å². The molecule has 0 radical (unpaired) electrons. The highest BCUT2D eigenvalue weighted by Crippen LogP contribution is 2.31. The van der Waals surface area contributed by atoms with Crippen LogP contribution in [0.4, 0.5) is 10.2 Å². The topological polar surface area (TPSA) is 112 Å². The molecule has 1 aromatic carbocycles. The van der Waals surface area contributed by atoms with E-state index < -0.39 is 27.6 Å². The number of H-pyrrole nitrogens is 1. The van der Waals surface area contributed by atoms with E-state index in [1.54, 1.807) is 6.07 Å². The van der Waals surface area contributed by atoms with Crippen molar-refractivity contribution in [1.82, 2.24) is 15.5 Å². The summed E-state index contributed by atoms with van der Waals surface area (Å²) in [5.74, 6) is -1.64. The Kier molecular flexibility index (Phi) is 3.94. The third-order valence-electron chi connectivity index (χ3n) is 4.85. The average Bonchev–Trinajstić information content (AvgIpc) is 3.25. The lowest BCUT2D eigenvalue weighted by molar-refractivity contribution is -0.126. The molecule has 0 saturated carbocycles. The molecule has 2 unspecified atom stereocenters. The normalized spacial score (nSPS) is 25.1. The molecule has 0 aliphatic carbocycles. The number of fused-ring (bicyclic) bond motifs is 1. The van der Waals surface area contributed by atoms with Crippen molar-refractivity contribution in [2.75, 3.05) is 23.0 Å². The van der Waals surface area contributed by atoms with Gasteiger partial charge in [-0.05, 0) is 18.6 Å². The number of benzene rings is 1. The Hall–Kier alpha value is -2.49. The van der Waals surface area contributed by atoms with Crippen molar-refractivity contribution in [2.45, 2.75) is 18.9 Å². The number of hydrogen-bond donors (Lipinski definition) is 2. The fourth-order valence-corrected chi connectivity index (χ4v) is 5.20. The van der Waals surface area contributed by atoms with Crippen LogP contribution in [0.1, 0.15) is 12.8 Å². The first-order valence-electron chi connectivity index (χ1n) is 8.28. The highest BCUT2D eigenvalue weighted by atomic mass is 32.2. The van der Waals surface area contributed by atoms with Gasteiger partial charge in [-0.3, -0.25) is 19.6 Å². The van der Waals surface area contributed by atoms with Crippen molar-refractivity contribution in [3.05, 3.63) is 24.0 Å². The predicted molar refractivity (Wildman–Crippen MR) is 91.7 cm³/mol. The van der Waals surface area contributed by atoms with Crippen molar-refractivity contribution < 1.29 is 22.4 Å². The van der Waals surface area contributed by atoms with Gasteiger partial charge in [0, 0.05) is 19.0 Å². The molecule has 2 saturated heterocycles. The molecule has 2 aromatic rings. The van der Waals surface area contributed by atoms with Gasteiger partial charge in [-0.1, -0.05) is 6.07 Å². The average molecular weight is 380 g/mol. The molecule has 10 heteroatoms. The molecule has 1 aromatic heterocycles. The van der Waals surface area contributed by atoms with Crippen LogP contribution >= 0.6 is 0 Å². The summed E-state index contributed by atoms with van der Waals surface area (Å²) in [6.45, 7) is 0.0818. The maximum Gasteiger partial charge on any atom is 0.229 e. The number of anilines is 1. The lowest BCUT2D eigenvalue weighted by atomic mass is 10.1. The first kappa shape index (κ1) is 17.0. The zero-order valence-electron chi connectivity index (χ0n) is 13.7. The van der Waals surface area contributed by atoms with E-state index in [9.17, 15) is 22.4 Å². The number of nitrogens with zero attached hydrogens (tertiary/aromatic N) is 2. The van der Waals surface area contributed by atoms with Crippen LogP contribution in [-0.4, -0.2) is 54.5 Å². The Morgan fingerprint density at radius 3 is 2.92 bits per heavy atom. The van der Waals surface area contributed by atoms with Gasteiger partial charge in [0.25, 0.3) is 0 Å². The van der Waals surface area contributed by atoms with Gasteiger partial charge in [0.1, 0.15) is 5.82 Å². The highest BCUT2D eigenvalue weighted by Gasteiger charge is 2.39. The summed E-state index contributed by atoms with van der Waals surface area (Å²) in [7, 11) is -3.10. The minimum Gasteiger partial charge on any atom is -0.352 e. The Morgan fingerprint density at radius 1 is 1.38 bits per heavy atom. The standard InChI is InChI=1S/C16H17FN4O4S/c17-11-2-1-3-12-14(11)15(20-19-12)21-7-9(6-13(21)22)16(23)18-10-4-5-26(24,25)8-10/h1-3,9-10H,4-8H2,(H,18,23)(H,19,20). The van der Waals surface area contributed by atoms with Gasteiger partial charge < -0.3 is 5.32 Å². The van der Waals surface area contributed by atoms with Gasteiger partial charge in [0.2, 0.25) is 11.8 Å². The van der Waals surface area contributed by atoms with Crippen LogP contribution in [0.2, 0.25) is 0 Å². The van der Waals surface area contributed by atoms with Gasteiger partial charge in [-0.25, -0.2) is 12.8 Å². The zero-order chi connectivity index (χ0) is 18.5. The van der Waals surface area contributed by atoms with Gasteiger partial charge in [0.05, 0.1) is 28.3 Å². The smallest absolute Gasteiger partial charge is 0.229 e. The number of rotatable bonds is 3. The fourth-order valence-electron chi connectivity index (χ4n) is 3.52. The minimum atomic E-state index is -3.10. The Balaban J connectivity index is 1.51. The summed E-state index contributed by atoms with van der Waals surface area (Å²) < 4.78 is 37.1. The minimum absolute atomic E-state index is 0.0197. The molecule has 2 atom stereocenters. The van der Waals surface area contributed by atoms with Crippen molar-refractivity contribution >= 4 is 38.4 Å². The van der Waals surface area contributed by atoms with Gasteiger partial charge in [-0.2, -0.15) is 5.10 Å². The lowest BCUT2D eigenvalue weighted by Crippen LogP contribution is -2.40. The Morgan fingerprint density at radius 2 is 2.19 bits per heavy atom. The van der Waals surface area contributed by atoms with Gasteiger partial charge >= 0.3 is 0 Å². The molecule has 0 bridgehead atoms. The molecule has 2 aliphatic heterocycles. The van der Waals surface area contributed by atoms with E-state index in [1.807, 2.05) is 0 Å². The van der Waals surface area contributed by atoms with Crippen molar-refractivity contribution in [3.8, 4) is 0 Å². The largest absolute Gasteiger partial charge is 0.352 e. The number of halogens is 1. The number of nitrogens with one attached hydrogen (secondary N) is 2. The third kappa shape index (κ3) is 2.94. The maximum atomic E-state index is 14.1. The summed E-state index contributed by atoms with van der Waals surface area (Å²) >= 11 is 0. The molecule has 138 valence electrons. The molecule has 2 fully saturated rings. The molecular formula is C16H17FN4O4S. The number of aromatic nitrogens is 2. The summed E-state index contributed by atoms with van der Waals surface area (Å²) in [6.07, 6.45) is 0.363. The number of aromatic amines is 1. The second-order valence-corrected chi connectivity index (χ2v) is 8.95. The molecule has 3 heterocycles. The van der Waals surface area contributed by atoms with E-state index in [0.717, 1.165) is 0 Å². The van der Waals surface area contributed by atoms with Crippen molar-refractivity contribution in [1.29, 1.82) is 0 Å². The number of carbonyl (C=O) groups excluding carboxylic acids is 2. The zero-order valence-corrected chi connectivity index (χ0v) is 14.6. The Bertz CT molecular complexity index is 1000. The number of hydrogen-bond acceptors (Lipinski definition) is 5. The molecule has 2 N–H and O–H groups in total. The van der Waals surface area contributed by atoms with E-state index >= 15 is 0 Å². The van der Waals surface area contributed by atoms with Crippen LogP contribution in [0.15, 0.2) is 18.2 Å². The predicted octanol–water partition coefficient (Wildman–Crippen LogP) is 0.358. The van der Waals surface area contributed by atoms with E-state index in [4.69, 9.17) is 0 Å². The molecule has 26 heavy (non-hydrogen) atoms. The number of carbonyl (C=O) groups is 2. The van der Waals surface area contributed by atoms with E-state index in [0.29, 0.717) is 11.9 Å². The summed E-state index contributed by atoms with van der Waals surface area (Å²) in [5.41, 5.74) is 0.469. The molecule has 8 nitrogen and oxygen atoms in total. The monoisotopic (exact) mass is 380 g/mol. The second-order valence-electron chi connectivity index (χ2n) is 6.72. The maximum absolute atomic E-state index is 14.1.